The summed E-state index contributed by atoms with van der Waals surface area (Å²) >= 11 is 0. The Labute approximate surface area is 125 Å². The summed E-state index contributed by atoms with van der Waals surface area (Å²) in [5.74, 6) is -0.220. The minimum absolute atomic E-state index is 0. The van der Waals surface area contributed by atoms with Crippen LogP contribution >= 0.6 is 12.4 Å². The SMILES string of the molecule is Cc1ccc(C(C)NC(=O)[C@@H]2CCCCN2)cc1F.Cl. The highest BCUT2D eigenvalue weighted by Gasteiger charge is 2.22. The van der Waals surface area contributed by atoms with Gasteiger partial charge < -0.3 is 10.6 Å². The molecule has 1 aliphatic rings. The zero-order chi connectivity index (χ0) is 13.8. The van der Waals surface area contributed by atoms with E-state index in [9.17, 15) is 9.18 Å². The number of nitrogens with one attached hydrogen (secondary N) is 2. The molecule has 0 aliphatic carbocycles. The van der Waals surface area contributed by atoms with Crippen LogP contribution in [-0.2, 0) is 4.79 Å². The summed E-state index contributed by atoms with van der Waals surface area (Å²) in [6, 6.07) is 4.82. The van der Waals surface area contributed by atoms with Gasteiger partial charge in [0.2, 0.25) is 5.91 Å². The number of benzene rings is 1. The van der Waals surface area contributed by atoms with Crippen molar-refractivity contribution in [3.8, 4) is 0 Å². The molecule has 1 amide bonds. The van der Waals surface area contributed by atoms with E-state index < -0.39 is 0 Å². The molecule has 0 aromatic heterocycles. The van der Waals surface area contributed by atoms with Crippen LogP contribution in [0.4, 0.5) is 4.39 Å². The first-order chi connectivity index (χ1) is 9.08. The molecule has 0 spiro atoms. The zero-order valence-electron chi connectivity index (χ0n) is 11.9. The fraction of sp³-hybridized carbons (Fsp3) is 0.533. The highest BCUT2D eigenvalue weighted by molar-refractivity contribution is 5.85. The molecule has 0 radical (unpaired) electrons. The van der Waals surface area contributed by atoms with Crippen molar-refractivity contribution in [2.24, 2.45) is 0 Å². The second kappa shape index (κ2) is 7.60. The third-order valence-electron chi connectivity index (χ3n) is 3.68. The molecule has 0 bridgehead atoms. The molecule has 1 fully saturated rings. The van der Waals surface area contributed by atoms with Gasteiger partial charge in [-0.2, -0.15) is 0 Å². The molecule has 20 heavy (non-hydrogen) atoms. The van der Waals surface area contributed by atoms with Gasteiger partial charge in [0.1, 0.15) is 5.82 Å². The smallest absolute Gasteiger partial charge is 0.237 e. The molecule has 0 saturated carbocycles. The maximum absolute atomic E-state index is 13.5. The molecule has 1 aromatic rings. The van der Waals surface area contributed by atoms with Crippen molar-refractivity contribution in [3.05, 3.63) is 35.1 Å². The lowest BCUT2D eigenvalue weighted by Gasteiger charge is -2.24. The van der Waals surface area contributed by atoms with Crippen LogP contribution < -0.4 is 10.6 Å². The predicted octanol–water partition coefficient (Wildman–Crippen LogP) is 2.88. The van der Waals surface area contributed by atoms with Gasteiger partial charge in [0.25, 0.3) is 0 Å². The summed E-state index contributed by atoms with van der Waals surface area (Å²) in [6.07, 6.45) is 3.09. The van der Waals surface area contributed by atoms with Crippen LogP contribution in [-0.4, -0.2) is 18.5 Å². The first-order valence-electron chi connectivity index (χ1n) is 6.87. The zero-order valence-corrected chi connectivity index (χ0v) is 12.7. The molecule has 1 unspecified atom stereocenters. The van der Waals surface area contributed by atoms with Crippen molar-refractivity contribution < 1.29 is 9.18 Å². The Hall–Kier alpha value is -1.13. The Bertz CT molecular complexity index is 461. The van der Waals surface area contributed by atoms with Crippen LogP contribution in [0.5, 0.6) is 0 Å². The number of carbonyl (C=O) groups is 1. The minimum Gasteiger partial charge on any atom is -0.348 e. The van der Waals surface area contributed by atoms with Crippen LogP contribution in [0.1, 0.15) is 43.4 Å². The van der Waals surface area contributed by atoms with E-state index in [-0.39, 0.29) is 36.2 Å². The first-order valence-corrected chi connectivity index (χ1v) is 6.87. The number of halogens is 2. The van der Waals surface area contributed by atoms with Crippen molar-refractivity contribution in [2.45, 2.75) is 45.2 Å². The van der Waals surface area contributed by atoms with E-state index in [1.54, 1.807) is 13.0 Å². The molecular weight excluding hydrogens is 279 g/mol. The van der Waals surface area contributed by atoms with Crippen LogP contribution in [0, 0.1) is 12.7 Å². The maximum atomic E-state index is 13.5. The van der Waals surface area contributed by atoms with Gasteiger partial charge in [-0.25, -0.2) is 4.39 Å². The van der Waals surface area contributed by atoms with Gasteiger partial charge in [-0.3, -0.25) is 4.79 Å². The lowest BCUT2D eigenvalue weighted by atomic mass is 10.0. The third-order valence-corrected chi connectivity index (χ3v) is 3.68. The van der Waals surface area contributed by atoms with Crippen molar-refractivity contribution in [2.75, 3.05) is 6.54 Å². The summed E-state index contributed by atoms with van der Waals surface area (Å²) in [5.41, 5.74) is 1.42. The van der Waals surface area contributed by atoms with E-state index in [4.69, 9.17) is 0 Å². The number of carbonyl (C=O) groups excluding carboxylic acids is 1. The average molecular weight is 301 g/mol. The van der Waals surface area contributed by atoms with Crippen LogP contribution in [0.2, 0.25) is 0 Å². The molecular formula is C15H22ClFN2O. The topological polar surface area (TPSA) is 41.1 Å². The van der Waals surface area contributed by atoms with Crippen LogP contribution in [0.3, 0.4) is 0 Å². The van der Waals surface area contributed by atoms with Gasteiger partial charge in [0.05, 0.1) is 12.1 Å². The minimum atomic E-state index is -0.227. The van der Waals surface area contributed by atoms with Gasteiger partial charge >= 0.3 is 0 Å². The molecule has 2 atom stereocenters. The first kappa shape index (κ1) is 16.9. The Kier molecular flexibility index (Phi) is 6.43. The average Bonchev–Trinajstić information content (AvgIpc) is 2.42. The van der Waals surface area contributed by atoms with Crippen molar-refractivity contribution in [1.82, 2.24) is 10.6 Å². The largest absolute Gasteiger partial charge is 0.348 e. The standard InChI is InChI=1S/C15H21FN2O.ClH/c1-10-6-7-12(9-13(10)16)11(2)18-15(19)14-5-3-4-8-17-14;/h6-7,9,11,14,17H,3-5,8H2,1-2H3,(H,18,19);1H/t11?,14-;/m0./s1. The Balaban J connectivity index is 0.00000200. The Morgan fingerprint density at radius 1 is 1.45 bits per heavy atom. The number of piperidine rings is 1. The number of amides is 1. The van der Waals surface area contributed by atoms with Crippen molar-refractivity contribution in [3.63, 3.8) is 0 Å². The number of aryl methyl sites for hydroxylation is 1. The molecule has 2 rings (SSSR count). The van der Waals surface area contributed by atoms with Gasteiger partial charge in [0, 0.05) is 0 Å². The van der Waals surface area contributed by atoms with Gasteiger partial charge in [-0.05, 0) is 50.4 Å². The number of rotatable bonds is 3. The normalized spacial score (nSPS) is 19.9. The quantitative estimate of drug-likeness (QED) is 0.901. The molecule has 1 heterocycles. The Morgan fingerprint density at radius 3 is 2.80 bits per heavy atom. The van der Waals surface area contributed by atoms with Crippen molar-refractivity contribution in [1.29, 1.82) is 0 Å². The fourth-order valence-electron chi connectivity index (χ4n) is 2.35. The van der Waals surface area contributed by atoms with Gasteiger partial charge in [0.15, 0.2) is 0 Å². The predicted molar refractivity (Wildman–Crippen MR) is 80.6 cm³/mol. The third kappa shape index (κ3) is 4.18. The molecule has 1 aromatic carbocycles. The fourth-order valence-corrected chi connectivity index (χ4v) is 2.35. The summed E-state index contributed by atoms with van der Waals surface area (Å²) in [5, 5.41) is 6.15. The molecule has 2 N–H and O–H groups in total. The highest BCUT2D eigenvalue weighted by Crippen LogP contribution is 2.17. The van der Waals surface area contributed by atoms with E-state index in [1.165, 1.54) is 6.07 Å². The maximum Gasteiger partial charge on any atom is 0.237 e. The second-order valence-electron chi connectivity index (χ2n) is 5.24. The second-order valence-corrected chi connectivity index (χ2v) is 5.24. The van der Waals surface area contributed by atoms with Crippen LogP contribution in [0.15, 0.2) is 18.2 Å². The molecule has 1 saturated heterocycles. The van der Waals surface area contributed by atoms with Gasteiger partial charge in [-0.15, -0.1) is 12.4 Å². The molecule has 3 nitrogen and oxygen atoms in total. The Morgan fingerprint density at radius 2 is 2.20 bits per heavy atom. The summed E-state index contributed by atoms with van der Waals surface area (Å²) in [6.45, 7) is 4.50. The van der Waals surface area contributed by atoms with E-state index >= 15 is 0 Å². The summed E-state index contributed by atoms with van der Waals surface area (Å²) in [4.78, 5) is 12.1. The van der Waals surface area contributed by atoms with E-state index in [0.717, 1.165) is 31.4 Å². The van der Waals surface area contributed by atoms with E-state index in [0.29, 0.717) is 5.56 Å². The lowest BCUT2D eigenvalue weighted by Crippen LogP contribution is -2.47. The van der Waals surface area contributed by atoms with Crippen LogP contribution in [0.25, 0.3) is 0 Å². The number of hydrogen-bond acceptors (Lipinski definition) is 2. The van der Waals surface area contributed by atoms with E-state index in [2.05, 4.69) is 10.6 Å². The summed E-state index contributed by atoms with van der Waals surface area (Å²) in [7, 11) is 0. The van der Waals surface area contributed by atoms with E-state index in [1.807, 2.05) is 13.0 Å². The monoisotopic (exact) mass is 300 g/mol. The van der Waals surface area contributed by atoms with Gasteiger partial charge in [-0.1, -0.05) is 18.6 Å². The number of hydrogen-bond donors (Lipinski definition) is 2. The molecule has 112 valence electrons. The molecule has 5 heteroatoms. The lowest BCUT2D eigenvalue weighted by molar-refractivity contribution is -0.124. The summed E-state index contributed by atoms with van der Waals surface area (Å²) < 4.78 is 13.5. The highest BCUT2D eigenvalue weighted by atomic mass is 35.5. The molecule has 1 aliphatic heterocycles. The van der Waals surface area contributed by atoms with Crippen molar-refractivity contribution >= 4 is 18.3 Å².